The molecule has 162 valence electrons. The highest BCUT2D eigenvalue weighted by Crippen LogP contribution is 2.26. The maximum absolute atomic E-state index is 12.6. The molecule has 0 atom stereocenters. The first-order valence-electron chi connectivity index (χ1n) is 10.6. The second kappa shape index (κ2) is 9.83. The number of carbonyl (C=O) groups excluding carboxylic acids is 1. The number of thioether (sulfide) groups is 1. The predicted molar refractivity (Wildman–Crippen MR) is 131 cm³/mol. The van der Waals surface area contributed by atoms with Gasteiger partial charge in [-0.3, -0.25) is 9.36 Å². The van der Waals surface area contributed by atoms with Crippen molar-refractivity contribution in [3.05, 3.63) is 101 Å². The van der Waals surface area contributed by atoms with E-state index in [0.29, 0.717) is 11.6 Å². The third-order valence-corrected chi connectivity index (χ3v) is 6.18. The van der Waals surface area contributed by atoms with E-state index in [9.17, 15) is 4.79 Å². The normalized spacial score (nSPS) is 10.8. The van der Waals surface area contributed by atoms with E-state index in [-0.39, 0.29) is 11.7 Å². The Morgan fingerprint density at radius 1 is 0.906 bits per heavy atom. The number of nitrogens with zero attached hydrogens (tertiary/aromatic N) is 3. The summed E-state index contributed by atoms with van der Waals surface area (Å²) in [4.78, 5) is 12.6. The first kappa shape index (κ1) is 21.8. The van der Waals surface area contributed by atoms with E-state index >= 15 is 0 Å². The number of aromatic nitrogens is 3. The van der Waals surface area contributed by atoms with Crippen LogP contribution in [0, 0.1) is 20.8 Å². The van der Waals surface area contributed by atoms with Crippen LogP contribution in [0.25, 0.3) is 5.69 Å². The summed E-state index contributed by atoms with van der Waals surface area (Å²) in [6.45, 7) is 6.16. The van der Waals surface area contributed by atoms with Crippen LogP contribution in [-0.4, -0.2) is 26.4 Å². The number of rotatable bonds is 7. The van der Waals surface area contributed by atoms with Crippen LogP contribution in [-0.2, 0) is 11.2 Å². The number of benzene rings is 3. The number of aryl methyl sites for hydroxylation is 3. The highest BCUT2D eigenvalue weighted by Gasteiger charge is 2.18. The van der Waals surface area contributed by atoms with Crippen molar-refractivity contribution < 1.29 is 4.79 Å². The third kappa shape index (κ3) is 5.08. The van der Waals surface area contributed by atoms with Crippen molar-refractivity contribution in [2.24, 2.45) is 0 Å². The van der Waals surface area contributed by atoms with Crippen molar-refractivity contribution in [2.45, 2.75) is 32.3 Å². The molecule has 0 saturated carbocycles. The molecule has 0 spiro atoms. The second-order valence-electron chi connectivity index (χ2n) is 7.84. The van der Waals surface area contributed by atoms with Crippen LogP contribution in [0.15, 0.2) is 78.0 Å². The maximum atomic E-state index is 12.6. The van der Waals surface area contributed by atoms with Crippen molar-refractivity contribution in [1.82, 2.24) is 14.8 Å². The van der Waals surface area contributed by atoms with Crippen LogP contribution in [0.2, 0.25) is 0 Å². The zero-order chi connectivity index (χ0) is 22.5. The van der Waals surface area contributed by atoms with Gasteiger partial charge >= 0.3 is 0 Å². The average molecular weight is 443 g/mol. The molecule has 32 heavy (non-hydrogen) atoms. The average Bonchev–Trinajstić information content (AvgIpc) is 3.17. The monoisotopic (exact) mass is 442 g/mol. The number of nitrogens with one attached hydrogen (secondary N) is 1. The Morgan fingerprint density at radius 2 is 1.66 bits per heavy atom. The molecule has 1 heterocycles. The first-order chi connectivity index (χ1) is 15.5. The summed E-state index contributed by atoms with van der Waals surface area (Å²) >= 11 is 1.40. The number of amides is 1. The van der Waals surface area contributed by atoms with Crippen LogP contribution in [0.4, 0.5) is 5.69 Å². The van der Waals surface area contributed by atoms with Crippen molar-refractivity contribution in [2.75, 3.05) is 11.1 Å². The summed E-state index contributed by atoms with van der Waals surface area (Å²) in [5.74, 6) is 1.04. The fourth-order valence-electron chi connectivity index (χ4n) is 3.61. The fourth-order valence-corrected chi connectivity index (χ4v) is 4.38. The van der Waals surface area contributed by atoms with Gasteiger partial charge < -0.3 is 5.32 Å². The molecular weight excluding hydrogens is 416 g/mol. The number of hydrogen-bond donors (Lipinski definition) is 1. The summed E-state index contributed by atoms with van der Waals surface area (Å²) in [5, 5.41) is 12.6. The van der Waals surface area contributed by atoms with Gasteiger partial charge in [-0.15, -0.1) is 10.2 Å². The van der Waals surface area contributed by atoms with Gasteiger partial charge in [0.2, 0.25) is 5.91 Å². The van der Waals surface area contributed by atoms with Gasteiger partial charge in [0.25, 0.3) is 0 Å². The van der Waals surface area contributed by atoms with Gasteiger partial charge in [0.05, 0.1) is 11.4 Å². The summed E-state index contributed by atoms with van der Waals surface area (Å²) < 4.78 is 2.08. The second-order valence-corrected chi connectivity index (χ2v) is 8.78. The molecule has 0 aliphatic carbocycles. The third-order valence-electron chi connectivity index (χ3n) is 5.25. The van der Waals surface area contributed by atoms with Gasteiger partial charge in [0.1, 0.15) is 5.82 Å². The van der Waals surface area contributed by atoms with E-state index in [4.69, 9.17) is 0 Å². The Labute approximate surface area is 192 Å². The van der Waals surface area contributed by atoms with E-state index < -0.39 is 0 Å². The smallest absolute Gasteiger partial charge is 0.234 e. The van der Waals surface area contributed by atoms with Crippen molar-refractivity contribution in [3.63, 3.8) is 0 Å². The molecule has 1 aromatic heterocycles. The zero-order valence-corrected chi connectivity index (χ0v) is 19.3. The zero-order valence-electron chi connectivity index (χ0n) is 18.5. The molecule has 0 bridgehead atoms. The lowest BCUT2D eigenvalue weighted by atomic mass is 10.1. The van der Waals surface area contributed by atoms with Crippen molar-refractivity contribution in [1.29, 1.82) is 0 Å². The van der Waals surface area contributed by atoms with Gasteiger partial charge in [0, 0.05) is 12.1 Å². The molecule has 5 nitrogen and oxygen atoms in total. The standard InChI is InChI=1S/C26H26N4OS/c1-18-13-14-23(20(3)15-18)30-24(16-21-10-5-4-6-11-21)28-29-26(30)32-17-25(31)27-22-12-8-7-9-19(22)2/h4-15H,16-17H2,1-3H3,(H,27,31). The minimum Gasteiger partial charge on any atom is -0.325 e. The minimum absolute atomic E-state index is 0.0657. The first-order valence-corrected chi connectivity index (χ1v) is 11.5. The summed E-state index contributed by atoms with van der Waals surface area (Å²) in [6, 6.07) is 24.3. The molecule has 0 aliphatic rings. The maximum Gasteiger partial charge on any atom is 0.234 e. The molecule has 0 unspecified atom stereocenters. The molecule has 4 aromatic rings. The lowest BCUT2D eigenvalue weighted by Gasteiger charge is -2.14. The topological polar surface area (TPSA) is 59.8 Å². The Kier molecular flexibility index (Phi) is 6.71. The molecule has 4 rings (SSSR count). The number of anilines is 1. The number of carbonyl (C=O) groups is 1. The van der Waals surface area contributed by atoms with Gasteiger partial charge in [-0.1, -0.05) is 78.0 Å². The number of hydrogen-bond acceptors (Lipinski definition) is 4. The summed E-state index contributed by atoms with van der Waals surface area (Å²) in [7, 11) is 0. The highest BCUT2D eigenvalue weighted by molar-refractivity contribution is 7.99. The molecule has 0 fully saturated rings. The SMILES string of the molecule is Cc1ccc(-n2c(Cc3ccccc3)nnc2SCC(=O)Nc2ccccc2C)c(C)c1. The Morgan fingerprint density at radius 3 is 2.41 bits per heavy atom. The van der Waals surface area contributed by atoms with E-state index in [1.54, 1.807) is 0 Å². The van der Waals surface area contributed by atoms with E-state index in [1.165, 1.54) is 22.9 Å². The van der Waals surface area contributed by atoms with Crippen LogP contribution in [0.3, 0.4) is 0 Å². The molecular formula is C26H26N4OS. The summed E-state index contributed by atoms with van der Waals surface area (Å²) in [5.41, 5.74) is 6.42. The lowest BCUT2D eigenvalue weighted by molar-refractivity contribution is -0.113. The summed E-state index contributed by atoms with van der Waals surface area (Å²) in [6.07, 6.45) is 0.664. The van der Waals surface area contributed by atoms with E-state index in [2.05, 4.69) is 64.3 Å². The van der Waals surface area contributed by atoms with Crippen molar-refractivity contribution in [3.8, 4) is 5.69 Å². The van der Waals surface area contributed by atoms with Crippen LogP contribution in [0.1, 0.15) is 28.1 Å². The Bertz CT molecular complexity index is 1230. The van der Waals surface area contributed by atoms with Crippen LogP contribution >= 0.6 is 11.8 Å². The van der Waals surface area contributed by atoms with Crippen LogP contribution < -0.4 is 5.32 Å². The fraction of sp³-hybridized carbons (Fsp3) is 0.192. The molecule has 0 radical (unpaired) electrons. The molecule has 3 aromatic carbocycles. The van der Waals surface area contributed by atoms with Crippen molar-refractivity contribution >= 4 is 23.4 Å². The van der Waals surface area contributed by atoms with Gasteiger partial charge in [-0.25, -0.2) is 0 Å². The molecule has 0 aliphatic heterocycles. The highest BCUT2D eigenvalue weighted by atomic mass is 32.2. The van der Waals surface area contributed by atoms with Gasteiger partial charge in [-0.05, 0) is 49.6 Å². The van der Waals surface area contributed by atoms with Gasteiger partial charge in [-0.2, -0.15) is 0 Å². The van der Waals surface area contributed by atoms with E-state index in [1.807, 2.05) is 49.4 Å². The van der Waals surface area contributed by atoms with Crippen LogP contribution in [0.5, 0.6) is 0 Å². The number of para-hydroxylation sites is 1. The lowest BCUT2D eigenvalue weighted by Crippen LogP contribution is -2.15. The largest absolute Gasteiger partial charge is 0.325 e. The Hall–Kier alpha value is -3.38. The molecule has 1 N–H and O–H groups in total. The van der Waals surface area contributed by atoms with Gasteiger partial charge in [0.15, 0.2) is 5.16 Å². The quantitative estimate of drug-likeness (QED) is 0.383. The van der Waals surface area contributed by atoms with E-state index in [0.717, 1.165) is 28.3 Å². The molecule has 1 amide bonds. The minimum atomic E-state index is -0.0657. The predicted octanol–water partition coefficient (Wildman–Crippen LogP) is 5.51. The molecule has 0 saturated heterocycles. The molecule has 6 heteroatoms. The Balaban J connectivity index is 1.60.